The van der Waals surface area contributed by atoms with Gasteiger partial charge < -0.3 is 18.9 Å². The predicted octanol–water partition coefficient (Wildman–Crippen LogP) is 2.34. The minimum Gasteiger partial charge on any atom is -0.463 e. The molecule has 3 rings (SSSR count). The normalized spacial score (nSPS) is 23.7. The van der Waals surface area contributed by atoms with Crippen LogP contribution in [0.3, 0.4) is 0 Å². The highest BCUT2D eigenvalue weighted by Crippen LogP contribution is 2.36. The fourth-order valence-electron chi connectivity index (χ4n) is 3.70. The van der Waals surface area contributed by atoms with Gasteiger partial charge in [-0.3, -0.25) is 4.79 Å². The Labute approximate surface area is 168 Å². The van der Waals surface area contributed by atoms with Crippen molar-refractivity contribution in [3.63, 3.8) is 0 Å². The number of aromatic nitrogens is 2. The lowest BCUT2D eigenvalue weighted by molar-refractivity contribution is -0.132. The Hall–Kier alpha value is -1.67. The number of amides is 1. The van der Waals surface area contributed by atoms with Gasteiger partial charge >= 0.3 is 13.1 Å². The molecule has 1 aromatic rings. The lowest BCUT2D eigenvalue weighted by Crippen LogP contribution is -2.42. The second-order valence-corrected chi connectivity index (χ2v) is 8.74. The zero-order chi connectivity index (χ0) is 20.4. The maximum atomic E-state index is 11.7. The Morgan fingerprint density at radius 2 is 1.86 bits per heavy atom. The van der Waals surface area contributed by atoms with Crippen LogP contribution in [0.1, 0.15) is 66.7 Å². The summed E-state index contributed by atoms with van der Waals surface area (Å²) in [7, 11) is -0.470. The maximum Gasteiger partial charge on any atom is 0.498 e. The van der Waals surface area contributed by atoms with Gasteiger partial charge in [-0.25, -0.2) is 9.97 Å². The molecule has 0 aromatic carbocycles. The number of nitrogens with zero attached hydrogens (tertiary/aromatic N) is 3. The van der Waals surface area contributed by atoms with Gasteiger partial charge in [-0.2, -0.15) is 0 Å². The molecule has 154 valence electrons. The molecule has 0 saturated carbocycles. The number of hydrogen-bond acceptors (Lipinski definition) is 6. The molecule has 2 fully saturated rings. The van der Waals surface area contributed by atoms with Crippen molar-refractivity contribution in [3.8, 4) is 6.01 Å². The summed E-state index contributed by atoms with van der Waals surface area (Å²) in [5, 5.41) is 0. The summed E-state index contributed by atoms with van der Waals surface area (Å²) >= 11 is 0. The highest BCUT2D eigenvalue weighted by atomic mass is 16.7. The molecule has 28 heavy (non-hydrogen) atoms. The third-order valence-corrected chi connectivity index (χ3v) is 6.12. The van der Waals surface area contributed by atoms with Gasteiger partial charge in [0.2, 0.25) is 5.91 Å². The van der Waals surface area contributed by atoms with Crippen LogP contribution in [-0.4, -0.2) is 58.3 Å². The van der Waals surface area contributed by atoms with Crippen LogP contribution in [-0.2, 0) is 14.1 Å². The van der Waals surface area contributed by atoms with Gasteiger partial charge in [0, 0.05) is 37.4 Å². The Kier molecular flexibility index (Phi) is 6.29. The van der Waals surface area contributed by atoms with E-state index in [1.54, 1.807) is 19.3 Å². The number of carbonyl (C=O) groups is 1. The molecule has 0 aliphatic carbocycles. The van der Waals surface area contributed by atoms with E-state index < -0.39 is 7.12 Å². The summed E-state index contributed by atoms with van der Waals surface area (Å²) in [5.74, 6) is 0.173. The zero-order valence-corrected chi connectivity index (χ0v) is 17.7. The molecule has 0 spiro atoms. The van der Waals surface area contributed by atoms with Crippen LogP contribution in [0.5, 0.6) is 6.01 Å². The van der Waals surface area contributed by atoms with Crippen molar-refractivity contribution >= 4 is 18.5 Å². The van der Waals surface area contributed by atoms with E-state index >= 15 is 0 Å². The van der Waals surface area contributed by atoms with E-state index in [1.165, 1.54) is 6.42 Å². The van der Waals surface area contributed by atoms with Crippen molar-refractivity contribution in [3.05, 3.63) is 12.4 Å². The van der Waals surface area contributed by atoms with Crippen molar-refractivity contribution in [1.82, 2.24) is 14.9 Å². The SMILES string of the molecule is CC(=O)N1CCCCC1CCCOc1ncc(B2OC(C)(C)C(C)(C)O2)cn1. The first-order valence-corrected chi connectivity index (χ1v) is 10.3. The molecule has 7 nitrogen and oxygen atoms in total. The van der Waals surface area contributed by atoms with Crippen molar-refractivity contribution < 1.29 is 18.8 Å². The molecule has 3 heterocycles. The molecule has 1 unspecified atom stereocenters. The molecule has 2 aliphatic rings. The molecule has 2 saturated heterocycles. The van der Waals surface area contributed by atoms with E-state index in [9.17, 15) is 4.79 Å². The molecular weight excluding hydrogens is 357 g/mol. The minimum atomic E-state index is -0.470. The summed E-state index contributed by atoms with van der Waals surface area (Å²) in [5.41, 5.74) is 0.00434. The van der Waals surface area contributed by atoms with E-state index in [1.807, 2.05) is 32.6 Å². The third-order valence-electron chi connectivity index (χ3n) is 6.12. The Morgan fingerprint density at radius 1 is 1.21 bits per heavy atom. The van der Waals surface area contributed by atoms with E-state index in [4.69, 9.17) is 14.0 Å². The van der Waals surface area contributed by atoms with Gasteiger partial charge in [-0.15, -0.1) is 0 Å². The molecule has 0 radical (unpaired) electrons. The van der Waals surface area contributed by atoms with Crippen LogP contribution in [0.15, 0.2) is 12.4 Å². The molecule has 0 N–H and O–H groups in total. The first kappa shape index (κ1) is 21.1. The Bertz CT molecular complexity index is 665. The van der Waals surface area contributed by atoms with Crippen molar-refractivity contribution in [2.45, 2.75) is 84.0 Å². The number of hydrogen-bond donors (Lipinski definition) is 0. The van der Waals surface area contributed by atoms with Crippen LogP contribution in [0.4, 0.5) is 0 Å². The van der Waals surface area contributed by atoms with Crippen LogP contribution in [0.25, 0.3) is 0 Å². The van der Waals surface area contributed by atoms with Crippen LogP contribution in [0.2, 0.25) is 0 Å². The molecule has 1 amide bonds. The lowest BCUT2D eigenvalue weighted by Gasteiger charge is -2.35. The van der Waals surface area contributed by atoms with E-state index in [-0.39, 0.29) is 17.1 Å². The summed E-state index contributed by atoms with van der Waals surface area (Å²) in [6.07, 6.45) is 8.60. The van der Waals surface area contributed by atoms with Gasteiger partial charge in [-0.05, 0) is 59.8 Å². The summed E-state index contributed by atoms with van der Waals surface area (Å²) in [4.78, 5) is 22.3. The number of likely N-dealkylation sites (tertiary alicyclic amines) is 1. The average molecular weight is 389 g/mol. The number of rotatable bonds is 6. The first-order chi connectivity index (χ1) is 13.2. The van der Waals surface area contributed by atoms with Crippen LogP contribution >= 0.6 is 0 Å². The van der Waals surface area contributed by atoms with Crippen molar-refractivity contribution in [1.29, 1.82) is 0 Å². The second kappa shape index (κ2) is 8.37. The fourth-order valence-corrected chi connectivity index (χ4v) is 3.70. The molecule has 1 atom stereocenters. The number of carbonyl (C=O) groups excluding carboxylic acids is 1. The number of piperidine rings is 1. The van der Waals surface area contributed by atoms with Crippen LogP contribution in [0, 0.1) is 0 Å². The molecule has 0 bridgehead atoms. The second-order valence-electron chi connectivity index (χ2n) is 8.74. The van der Waals surface area contributed by atoms with Gasteiger partial charge in [-0.1, -0.05) is 0 Å². The molecule has 8 heteroatoms. The molecular formula is C20H32BN3O4. The Balaban J connectivity index is 1.46. The van der Waals surface area contributed by atoms with Gasteiger partial charge in [0.25, 0.3) is 0 Å². The predicted molar refractivity (Wildman–Crippen MR) is 108 cm³/mol. The van der Waals surface area contributed by atoms with Crippen molar-refractivity contribution in [2.24, 2.45) is 0 Å². The quantitative estimate of drug-likeness (QED) is 0.549. The monoisotopic (exact) mass is 389 g/mol. The average Bonchev–Trinajstić information content (AvgIpc) is 2.87. The summed E-state index contributed by atoms with van der Waals surface area (Å²) in [6.45, 7) is 11.2. The highest BCUT2D eigenvalue weighted by Gasteiger charge is 2.51. The van der Waals surface area contributed by atoms with E-state index in [0.29, 0.717) is 18.7 Å². The topological polar surface area (TPSA) is 73.8 Å². The highest BCUT2D eigenvalue weighted by molar-refractivity contribution is 6.61. The van der Waals surface area contributed by atoms with E-state index in [0.717, 1.165) is 37.7 Å². The Morgan fingerprint density at radius 3 is 2.46 bits per heavy atom. The molecule has 1 aromatic heterocycles. The molecule has 2 aliphatic heterocycles. The third kappa shape index (κ3) is 4.66. The summed E-state index contributed by atoms with van der Waals surface area (Å²) in [6, 6.07) is 0.689. The smallest absolute Gasteiger partial charge is 0.463 e. The number of ether oxygens (including phenoxy) is 1. The summed E-state index contributed by atoms with van der Waals surface area (Å²) < 4.78 is 17.7. The largest absolute Gasteiger partial charge is 0.498 e. The van der Waals surface area contributed by atoms with Gasteiger partial charge in [0.1, 0.15) is 0 Å². The lowest BCUT2D eigenvalue weighted by atomic mass is 9.81. The zero-order valence-electron chi connectivity index (χ0n) is 17.7. The minimum absolute atomic E-state index is 0.173. The van der Waals surface area contributed by atoms with Gasteiger partial charge in [0.05, 0.1) is 17.8 Å². The maximum absolute atomic E-state index is 11.7. The standard InChI is InChI=1S/C20H32BN3O4/c1-15(25)24-11-7-6-9-17(24)10-8-12-26-18-22-13-16(14-23-18)21-27-19(2,3)20(4,5)28-21/h13-14,17H,6-12H2,1-5H3. The van der Waals surface area contributed by atoms with E-state index in [2.05, 4.69) is 9.97 Å². The first-order valence-electron chi connectivity index (χ1n) is 10.3. The van der Waals surface area contributed by atoms with Crippen LogP contribution < -0.4 is 10.2 Å². The van der Waals surface area contributed by atoms with Crippen molar-refractivity contribution in [2.75, 3.05) is 13.2 Å². The van der Waals surface area contributed by atoms with Gasteiger partial charge in [0.15, 0.2) is 0 Å². The fraction of sp³-hybridized carbons (Fsp3) is 0.750.